The molecule has 1 N–H and O–H groups in total. The predicted molar refractivity (Wildman–Crippen MR) is 100.0 cm³/mol. The quantitative estimate of drug-likeness (QED) is 0.472. The summed E-state index contributed by atoms with van der Waals surface area (Å²) in [4.78, 5) is 0. The van der Waals surface area contributed by atoms with Gasteiger partial charge in [0.2, 0.25) is 0 Å². The van der Waals surface area contributed by atoms with Gasteiger partial charge in [0.1, 0.15) is 0 Å². The van der Waals surface area contributed by atoms with E-state index in [-0.39, 0.29) is 37.9 Å². The maximum atomic E-state index is 10.4. The number of hydrogen-bond acceptors (Lipinski definition) is 1. The van der Waals surface area contributed by atoms with E-state index < -0.39 is 0 Å². The summed E-state index contributed by atoms with van der Waals surface area (Å²) in [6.45, 7) is 0.172. The van der Waals surface area contributed by atoms with Crippen LogP contribution in [0.25, 0.3) is 0 Å². The van der Waals surface area contributed by atoms with Gasteiger partial charge in [-0.15, -0.1) is 0 Å². The van der Waals surface area contributed by atoms with E-state index in [0.29, 0.717) is 0 Å². The molecule has 0 heterocycles. The average Bonchev–Trinajstić information content (AvgIpc) is 2.64. The molecule has 0 atom stereocenters. The molecule has 0 aromatic heterocycles. The van der Waals surface area contributed by atoms with E-state index in [2.05, 4.69) is 72.8 Å². The van der Waals surface area contributed by atoms with Crippen molar-refractivity contribution in [2.75, 3.05) is 6.61 Å². The Morgan fingerprint density at radius 1 is 0.520 bits per heavy atom. The van der Waals surface area contributed by atoms with Crippen LogP contribution in [0.2, 0.25) is 0 Å². The van der Waals surface area contributed by atoms with Crippen molar-refractivity contribution in [2.45, 2.75) is 19.3 Å². The molecule has 2 heteroatoms. The number of aliphatic hydroxyl groups is 1. The van der Waals surface area contributed by atoms with Gasteiger partial charge in [-0.1, -0.05) is 91.0 Å². The van der Waals surface area contributed by atoms with Crippen LogP contribution in [0.5, 0.6) is 0 Å². The summed E-state index contributed by atoms with van der Waals surface area (Å²) in [6.07, 6.45) is 2.61. The zero-order valence-electron chi connectivity index (χ0n) is 14.4. The molecule has 0 aliphatic rings. The standard InChI is InChI=1S/C23H24O.Hf/c24-19-23(16-20-10-4-1-5-11-20,17-21-12-6-2-7-13-21)18-22-14-8-3-9-15-22;/h1-15,24H,16-19H2;. The van der Waals surface area contributed by atoms with Crippen LogP contribution in [-0.4, -0.2) is 11.7 Å². The second-order valence-corrected chi connectivity index (χ2v) is 6.65. The van der Waals surface area contributed by atoms with Gasteiger partial charge >= 0.3 is 0 Å². The van der Waals surface area contributed by atoms with Gasteiger partial charge in [-0.2, -0.15) is 0 Å². The van der Waals surface area contributed by atoms with Crippen molar-refractivity contribution in [3.05, 3.63) is 108 Å². The van der Waals surface area contributed by atoms with Crippen molar-refractivity contribution in [3.63, 3.8) is 0 Å². The molecule has 25 heavy (non-hydrogen) atoms. The van der Waals surface area contributed by atoms with Gasteiger partial charge < -0.3 is 5.11 Å². The van der Waals surface area contributed by atoms with Crippen LogP contribution in [-0.2, 0) is 45.1 Å². The van der Waals surface area contributed by atoms with E-state index in [1.54, 1.807) is 0 Å². The van der Waals surface area contributed by atoms with Crippen LogP contribution in [0.3, 0.4) is 0 Å². The SMILES string of the molecule is OCC(Cc1ccccc1)(Cc1ccccc1)Cc1ccccc1.[Hf]. The molecule has 126 valence electrons. The van der Waals surface area contributed by atoms with Crippen molar-refractivity contribution in [1.82, 2.24) is 0 Å². The molecule has 3 aromatic carbocycles. The minimum absolute atomic E-state index is 0. The molecule has 0 saturated carbocycles. The summed E-state index contributed by atoms with van der Waals surface area (Å²) in [5.41, 5.74) is 3.64. The van der Waals surface area contributed by atoms with Crippen LogP contribution in [0.15, 0.2) is 91.0 Å². The zero-order valence-corrected chi connectivity index (χ0v) is 18.0. The van der Waals surface area contributed by atoms with Crippen LogP contribution in [0.4, 0.5) is 0 Å². The maximum Gasteiger partial charge on any atom is 0.0497 e. The second kappa shape index (κ2) is 9.84. The van der Waals surface area contributed by atoms with Gasteiger partial charge in [-0.05, 0) is 36.0 Å². The van der Waals surface area contributed by atoms with Crippen molar-refractivity contribution in [3.8, 4) is 0 Å². The van der Waals surface area contributed by atoms with Gasteiger partial charge in [-0.25, -0.2) is 0 Å². The number of rotatable bonds is 7. The minimum atomic E-state index is -0.190. The largest absolute Gasteiger partial charge is 0.396 e. The molecule has 0 fully saturated rings. The van der Waals surface area contributed by atoms with E-state index >= 15 is 0 Å². The van der Waals surface area contributed by atoms with Crippen LogP contribution in [0, 0.1) is 5.41 Å². The Labute approximate surface area is 169 Å². The van der Waals surface area contributed by atoms with Crippen molar-refractivity contribution >= 4 is 0 Å². The summed E-state index contributed by atoms with van der Waals surface area (Å²) in [5, 5.41) is 10.4. The Hall–Kier alpha value is -1.51. The van der Waals surface area contributed by atoms with Crippen molar-refractivity contribution in [1.29, 1.82) is 0 Å². The van der Waals surface area contributed by atoms with Gasteiger partial charge in [0.25, 0.3) is 0 Å². The molecule has 3 rings (SSSR count). The van der Waals surface area contributed by atoms with E-state index in [4.69, 9.17) is 0 Å². The third-order valence-corrected chi connectivity index (χ3v) is 4.60. The fraction of sp³-hybridized carbons (Fsp3) is 0.217. The summed E-state index contributed by atoms with van der Waals surface area (Å²) >= 11 is 0. The van der Waals surface area contributed by atoms with E-state index in [0.717, 1.165) is 19.3 Å². The summed E-state index contributed by atoms with van der Waals surface area (Å²) in [5.74, 6) is 0. The number of hydrogen-bond donors (Lipinski definition) is 1. The molecule has 0 bridgehead atoms. The van der Waals surface area contributed by atoms with Crippen molar-refractivity contribution < 1.29 is 30.9 Å². The van der Waals surface area contributed by atoms with E-state index in [1.165, 1.54) is 16.7 Å². The summed E-state index contributed by atoms with van der Waals surface area (Å²) < 4.78 is 0. The molecule has 0 amide bonds. The van der Waals surface area contributed by atoms with Gasteiger partial charge in [-0.3, -0.25) is 0 Å². The Kier molecular flexibility index (Phi) is 7.80. The third-order valence-electron chi connectivity index (χ3n) is 4.60. The Morgan fingerprint density at radius 3 is 1.04 bits per heavy atom. The Balaban J connectivity index is 0.00000225. The monoisotopic (exact) mass is 496 g/mol. The third kappa shape index (κ3) is 5.76. The summed E-state index contributed by atoms with van der Waals surface area (Å²) in [7, 11) is 0. The first kappa shape index (κ1) is 19.8. The van der Waals surface area contributed by atoms with Crippen LogP contribution in [0.1, 0.15) is 16.7 Å². The number of benzene rings is 3. The zero-order chi connectivity index (χ0) is 16.7. The Bertz CT molecular complexity index is 624. The Morgan fingerprint density at radius 2 is 0.800 bits per heavy atom. The first-order chi connectivity index (χ1) is 11.8. The van der Waals surface area contributed by atoms with E-state index in [1.807, 2.05) is 18.2 Å². The first-order valence-electron chi connectivity index (χ1n) is 8.52. The van der Waals surface area contributed by atoms with Crippen LogP contribution >= 0.6 is 0 Å². The molecule has 0 radical (unpaired) electrons. The van der Waals surface area contributed by atoms with Gasteiger partial charge in [0, 0.05) is 37.9 Å². The van der Waals surface area contributed by atoms with Crippen LogP contribution < -0.4 is 0 Å². The first-order valence-corrected chi connectivity index (χ1v) is 8.52. The molecule has 3 aromatic rings. The average molecular weight is 495 g/mol. The second-order valence-electron chi connectivity index (χ2n) is 6.65. The molecule has 0 aliphatic carbocycles. The fourth-order valence-electron chi connectivity index (χ4n) is 3.44. The topological polar surface area (TPSA) is 20.2 Å². The van der Waals surface area contributed by atoms with Gasteiger partial charge in [0.05, 0.1) is 0 Å². The molecule has 1 nitrogen and oxygen atoms in total. The minimum Gasteiger partial charge on any atom is -0.396 e. The van der Waals surface area contributed by atoms with Crippen molar-refractivity contribution in [2.24, 2.45) is 5.41 Å². The molecular formula is C23H24HfO. The molecular weight excluding hydrogens is 471 g/mol. The van der Waals surface area contributed by atoms with E-state index in [9.17, 15) is 5.11 Å². The van der Waals surface area contributed by atoms with Gasteiger partial charge in [0.15, 0.2) is 0 Å². The normalized spacial score (nSPS) is 10.9. The number of aliphatic hydroxyl groups excluding tert-OH is 1. The molecule has 0 saturated heterocycles. The smallest absolute Gasteiger partial charge is 0.0497 e. The molecule has 0 aliphatic heterocycles. The predicted octanol–water partition coefficient (Wildman–Crippen LogP) is 4.69. The summed E-state index contributed by atoms with van der Waals surface area (Å²) in [6, 6.07) is 31.5. The molecule has 0 unspecified atom stereocenters. The maximum absolute atomic E-state index is 10.4. The fourth-order valence-corrected chi connectivity index (χ4v) is 3.44. The molecule has 0 spiro atoms.